The fraction of sp³-hybridized carbons (Fsp3) is 0.200. The van der Waals surface area contributed by atoms with Gasteiger partial charge in [-0.15, -0.1) is 0 Å². The second-order valence-electron chi connectivity index (χ2n) is 6.34. The van der Waals surface area contributed by atoms with E-state index in [1.807, 2.05) is 26.0 Å². The smallest absolute Gasteiger partial charge is 0.141 e. The molecular weight excluding hydrogens is 317 g/mol. The molecule has 0 bridgehead atoms. The molecular formula is C20H18FN3O. The number of nitrogens with one attached hydrogen (secondary N) is 1. The van der Waals surface area contributed by atoms with Crippen molar-refractivity contribution in [3.05, 3.63) is 71.1 Å². The molecule has 126 valence electrons. The largest absolute Gasteiger partial charge is 0.361 e. The summed E-state index contributed by atoms with van der Waals surface area (Å²) in [5.74, 6) is 0.633. The van der Waals surface area contributed by atoms with Crippen LogP contribution >= 0.6 is 0 Å². The third-order valence-electron chi connectivity index (χ3n) is 4.71. The van der Waals surface area contributed by atoms with Gasteiger partial charge in [-0.2, -0.15) is 0 Å². The second-order valence-corrected chi connectivity index (χ2v) is 6.34. The van der Waals surface area contributed by atoms with Gasteiger partial charge in [0.25, 0.3) is 0 Å². The number of aryl methyl sites for hydroxylation is 2. The second kappa shape index (κ2) is 5.84. The van der Waals surface area contributed by atoms with Crippen LogP contribution in [0.4, 0.5) is 4.39 Å². The Balaban J connectivity index is 1.91. The van der Waals surface area contributed by atoms with E-state index in [-0.39, 0.29) is 11.7 Å². The predicted molar refractivity (Wildman–Crippen MR) is 95.0 cm³/mol. The van der Waals surface area contributed by atoms with Crippen LogP contribution in [0, 0.1) is 19.7 Å². The average molecular weight is 335 g/mol. The molecule has 1 N–H and O–H groups in total. The lowest BCUT2D eigenvalue weighted by molar-refractivity contribution is 0.393. The molecule has 25 heavy (non-hydrogen) atoms. The van der Waals surface area contributed by atoms with E-state index in [9.17, 15) is 4.39 Å². The first-order chi connectivity index (χ1) is 12.0. The molecule has 0 aliphatic carbocycles. The molecule has 0 fully saturated rings. The molecule has 4 rings (SSSR count). The van der Waals surface area contributed by atoms with Crippen LogP contribution in [0.3, 0.4) is 0 Å². The zero-order chi connectivity index (χ0) is 17.6. The minimum atomic E-state index is -0.231. The van der Waals surface area contributed by atoms with Crippen molar-refractivity contribution in [1.82, 2.24) is 15.1 Å². The molecule has 0 saturated carbocycles. The normalized spacial score (nSPS) is 12.6. The van der Waals surface area contributed by atoms with Crippen LogP contribution in [0.15, 0.2) is 47.2 Å². The summed E-state index contributed by atoms with van der Waals surface area (Å²) in [4.78, 5) is 7.68. The van der Waals surface area contributed by atoms with Gasteiger partial charge in [0.1, 0.15) is 11.6 Å². The highest BCUT2D eigenvalue weighted by Gasteiger charge is 2.19. The zero-order valence-electron chi connectivity index (χ0n) is 14.3. The highest BCUT2D eigenvalue weighted by Crippen LogP contribution is 2.35. The van der Waals surface area contributed by atoms with Crippen LogP contribution in [-0.2, 0) is 0 Å². The molecule has 0 aliphatic rings. The lowest BCUT2D eigenvalue weighted by atomic mass is 9.89. The van der Waals surface area contributed by atoms with Crippen molar-refractivity contribution in [1.29, 1.82) is 0 Å². The van der Waals surface area contributed by atoms with Gasteiger partial charge in [0.15, 0.2) is 0 Å². The fourth-order valence-electron chi connectivity index (χ4n) is 3.38. The van der Waals surface area contributed by atoms with Gasteiger partial charge in [0.05, 0.1) is 23.1 Å². The predicted octanol–water partition coefficient (Wildman–Crippen LogP) is 5.13. The summed E-state index contributed by atoms with van der Waals surface area (Å²) < 4.78 is 18.6. The maximum Gasteiger partial charge on any atom is 0.141 e. The van der Waals surface area contributed by atoms with Crippen molar-refractivity contribution in [3.63, 3.8) is 0 Å². The SMILES string of the molecule is Cc1noc(C)c1-c1cc(C(C)c2ccc(F)cc2)c2nc[nH]c2c1. The number of fused-ring (bicyclic) bond motifs is 1. The molecule has 1 unspecified atom stereocenters. The van der Waals surface area contributed by atoms with Gasteiger partial charge < -0.3 is 9.51 Å². The Morgan fingerprint density at radius 1 is 1.12 bits per heavy atom. The van der Waals surface area contributed by atoms with Crippen LogP contribution in [0.1, 0.15) is 35.4 Å². The molecule has 0 spiro atoms. The standard InChI is InChI=1S/C20H18FN3O/c1-11(14-4-6-16(21)7-5-14)17-8-15(9-18-20(17)23-10-22-18)19-12(2)24-25-13(19)3/h4-11H,1-3H3,(H,22,23). The third kappa shape index (κ3) is 2.61. The number of H-pyrrole nitrogens is 1. The lowest BCUT2D eigenvalue weighted by Gasteiger charge is -2.15. The Labute approximate surface area is 144 Å². The van der Waals surface area contributed by atoms with Gasteiger partial charge in [0.2, 0.25) is 0 Å². The minimum absolute atomic E-state index is 0.0758. The molecule has 5 heteroatoms. The summed E-state index contributed by atoms with van der Waals surface area (Å²) in [5.41, 5.74) is 6.91. The molecule has 1 atom stereocenters. The van der Waals surface area contributed by atoms with Gasteiger partial charge in [-0.05, 0) is 54.8 Å². The minimum Gasteiger partial charge on any atom is -0.361 e. The number of rotatable bonds is 3. The Morgan fingerprint density at radius 3 is 2.56 bits per heavy atom. The van der Waals surface area contributed by atoms with Crippen molar-refractivity contribution in [2.75, 3.05) is 0 Å². The number of halogens is 1. The lowest BCUT2D eigenvalue weighted by Crippen LogP contribution is -1.99. The van der Waals surface area contributed by atoms with E-state index in [1.54, 1.807) is 6.33 Å². The number of nitrogens with zero attached hydrogens (tertiary/aromatic N) is 2. The molecule has 2 aromatic carbocycles. The Hall–Kier alpha value is -2.95. The first kappa shape index (κ1) is 15.6. The molecule has 2 aromatic heterocycles. The van der Waals surface area contributed by atoms with Crippen molar-refractivity contribution in [2.45, 2.75) is 26.7 Å². The number of imidazole rings is 1. The number of aromatic nitrogens is 3. The quantitative estimate of drug-likeness (QED) is 0.565. The van der Waals surface area contributed by atoms with E-state index >= 15 is 0 Å². The van der Waals surface area contributed by atoms with Crippen molar-refractivity contribution in [2.24, 2.45) is 0 Å². The van der Waals surface area contributed by atoms with Crippen LogP contribution in [0.25, 0.3) is 22.2 Å². The Morgan fingerprint density at radius 2 is 1.88 bits per heavy atom. The number of hydrogen-bond donors (Lipinski definition) is 1. The third-order valence-corrected chi connectivity index (χ3v) is 4.71. The Bertz CT molecular complexity index is 1030. The average Bonchev–Trinajstić information content (AvgIpc) is 3.20. The topological polar surface area (TPSA) is 54.7 Å². The van der Waals surface area contributed by atoms with Crippen LogP contribution < -0.4 is 0 Å². The Kier molecular flexibility index (Phi) is 3.64. The van der Waals surface area contributed by atoms with Gasteiger partial charge in [-0.3, -0.25) is 0 Å². The molecule has 2 heterocycles. The summed E-state index contributed by atoms with van der Waals surface area (Å²) in [6, 6.07) is 10.8. The molecule has 0 radical (unpaired) electrons. The monoisotopic (exact) mass is 335 g/mol. The van der Waals surface area contributed by atoms with Gasteiger partial charge in [-0.25, -0.2) is 9.37 Å². The maximum absolute atomic E-state index is 13.3. The molecule has 4 aromatic rings. The highest BCUT2D eigenvalue weighted by atomic mass is 19.1. The summed E-state index contributed by atoms with van der Waals surface area (Å²) >= 11 is 0. The van der Waals surface area contributed by atoms with E-state index < -0.39 is 0 Å². The fourth-order valence-corrected chi connectivity index (χ4v) is 3.38. The molecule has 0 amide bonds. The van der Waals surface area contributed by atoms with Gasteiger partial charge in [0, 0.05) is 11.5 Å². The highest BCUT2D eigenvalue weighted by molar-refractivity contribution is 5.86. The molecule has 0 aliphatic heterocycles. The van der Waals surface area contributed by atoms with Crippen molar-refractivity contribution < 1.29 is 8.91 Å². The van der Waals surface area contributed by atoms with Crippen LogP contribution in [0.5, 0.6) is 0 Å². The first-order valence-corrected chi connectivity index (χ1v) is 8.20. The van der Waals surface area contributed by atoms with E-state index in [2.05, 4.69) is 34.2 Å². The van der Waals surface area contributed by atoms with Gasteiger partial charge in [-0.1, -0.05) is 24.2 Å². The van der Waals surface area contributed by atoms with Crippen LogP contribution in [-0.4, -0.2) is 15.1 Å². The summed E-state index contributed by atoms with van der Waals surface area (Å²) in [6.07, 6.45) is 1.70. The van der Waals surface area contributed by atoms with E-state index in [0.29, 0.717) is 0 Å². The van der Waals surface area contributed by atoms with Gasteiger partial charge >= 0.3 is 0 Å². The van der Waals surface area contributed by atoms with Crippen LogP contribution in [0.2, 0.25) is 0 Å². The zero-order valence-corrected chi connectivity index (χ0v) is 14.3. The summed E-state index contributed by atoms with van der Waals surface area (Å²) in [7, 11) is 0. The maximum atomic E-state index is 13.3. The van der Waals surface area contributed by atoms with E-state index in [1.165, 1.54) is 12.1 Å². The van der Waals surface area contributed by atoms with E-state index in [4.69, 9.17) is 4.52 Å². The van der Waals surface area contributed by atoms with Crippen molar-refractivity contribution >= 4 is 11.0 Å². The summed E-state index contributed by atoms with van der Waals surface area (Å²) in [5, 5.41) is 4.06. The summed E-state index contributed by atoms with van der Waals surface area (Å²) in [6.45, 7) is 5.95. The molecule has 4 nitrogen and oxygen atoms in total. The first-order valence-electron chi connectivity index (χ1n) is 8.20. The van der Waals surface area contributed by atoms with Crippen molar-refractivity contribution in [3.8, 4) is 11.1 Å². The number of hydrogen-bond acceptors (Lipinski definition) is 3. The number of aromatic amines is 1. The molecule has 0 saturated heterocycles. The number of benzene rings is 2. The van der Waals surface area contributed by atoms with E-state index in [0.717, 1.165) is 44.7 Å².